The van der Waals surface area contributed by atoms with Gasteiger partial charge in [-0.25, -0.2) is 4.68 Å². The first-order valence-corrected chi connectivity index (χ1v) is 10.8. The van der Waals surface area contributed by atoms with E-state index in [1.807, 2.05) is 6.07 Å². The van der Waals surface area contributed by atoms with Gasteiger partial charge in [-0.05, 0) is 50.8 Å². The van der Waals surface area contributed by atoms with Crippen molar-refractivity contribution < 1.29 is 9.90 Å². The fraction of sp³-hybridized carbons (Fsp3) is 0.773. The summed E-state index contributed by atoms with van der Waals surface area (Å²) in [6.45, 7) is 12.1. The molecule has 1 unspecified atom stereocenters. The van der Waals surface area contributed by atoms with E-state index in [2.05, 4.69) is 30.8 Å². The first-order valence-electron chi connectivity index (χ1n) is 10.8. The summed E-state index contributed by atoms with van der Waals surface area (Å²) in [4.78, 5) is 28.0. The highest BCUT2D eigenvalue weighted by atomic mass is 16.3. The van der Waals surface area contributed by atoms with Gasteiger partial charge in [0.15, 0.2) is 0 Å². The third-order valence-electron chi connectivity index (χ3n) is 6.29. The van der Waals surface area contributed by atoms with Crippen molar-refractivity contribution in [1.29, 1.82) is 0 Å². The molecule has 7 heteroatoms. The van der Waals surface area contributed by atoms with Crippen LogP contribution in [0.4, 0.5) is 0 Å². The predicted molar refractivity (Wildman–Crippen MR) is 113 cm³/mol. The predicted octanol–water partition coefficient (Wildman–Crippen LogP) is 1.63. The second kappa shape index (κ2) is 8.56. The summed E-state index contributed by atoms with van der Waals surface area (Å²) < 4.78 is 1.63. The molecule has 2 fully saturated rings. The SMILES string of the molecule is CC(=O)N1CCCC(O)(CN2CCC(Cn3nc(C(C)(C)C)ccc3=O)CC2)C1. The summed E-state index contributed by atoms with van der Waals surface area (Å²) in [6, 6.07) is 3.46. The summed E-state index contributed by atoms with van der Waals surface area (Å²) in [5.74, 6) is 0.457. The van der Waals surface area contributed by atoms with Gasteiger partial charge in [0.2, 0.25) is 5.91 Å². The summed E-state index contributed by atoms with van der Waals surface area (Å²) >= 11 is 0. The van der Waals surface area contributed by atoms with Gasteiger partial charge < -0.3 is 14.9 Å². The van der Waals surface area contributed by atoms with Crippen LogP contribution in [0.5, 0.6) is 0 Å². The highest BCUT2D eigenvalue weighted by Gasteiger charge is 2.36. The monoisotopic (exact) mass is 404 g/mol. The quantitative estimate of drug-likeness (QED) is 0.825. The second-order valence-corrected chi connectivity index (χ2v) is 9.98. The molecule has 0 aliphatic carbocycles. The molecule has 3 heterocycles. The maximum atomic E-state index is 12.3. The molecule has 1 aromatic rings. The van der Waals surface area contributed by atoms with E-state index in [4.69, 9.17) is 0 Å². The average molecular weight is 405 g/mol. The number of β-amino-alcohol motifs (C(OH)–C–C–N with tert-alkyl or cyclic N) is 1. The number of carbonyl (C=O) groups excluding carboxylic acids is 1. The number of carbonyl (C=O) groups is 1. The molecule has 1 N–H and O–H groups in total. The Bertz CT molecular complexity index is 777. The minimum atomic E-state index is -0.809. The van der Waals surface area contributed by atoms with Crippen LogP contribution in [-0.2, 0) is 16.8 Å². The molecule has 2 saturated heterocycles. The van der Waals surface area contributed by atoms with E-state index in [9.17, 15) is 14.7 Å². The van der Waals surface area contributed by atoms with Crippen LogP contribution in [0.1, 0.15) is 59.1 Å². The molecular formula is C22H36N4O3. The van der Waals surface area contributed by atoms with Crippen LogP contribution in [0, 0.1) is 5.92 Å². The number of nitrogens with zero attached hydrogens (tertiary/aromatic N) is 4. The van der Waals surface area contributed by atoms with Crippen LogP contribution in [0.25, 0.3) is 0 Å². The Kier molecular flexibility index (Phi) is 6.48. The van der Waals surface area contributed by atoms with Crippen LogP contribution in [0.3, 0.4) is 0 Å². The third-order valence-corrected chi connectivity index (χ3v) is 6.29. The zero-order valence-electron chi connectivity index (χ0n) is 18.4. The topological polar surface area (TPSA) is 78.7 Å². The van der Waals surface area contributed by atoms with Gasteiger partial charge in [0.1, 0.15) is 0 Å². The zero-order chi connectivity index (χ0) is 21.2. The summed E-state index contributed by atoms with van der Waals surface area (Å²) in [5.41, 5.74) is 0.00327. The van der Waals surface area contributed by atoms with Crippen LogP contribution < -0.4 is 5.56 Å². The first-order chi connectivity index (χ1) is 13.6. The molecule has 2 aliphatic heterocycles. The highest BCUT2D eigenvalue weighted by Crippen LogP contribution is 2.26. The van der Waals surface area contributed by atoms with Crippen LogP contribution in [0.2, 0.25) is 0 Å². The Morgan fingerprint density at radius 1 is 1.24 bits per heavy atom. The molecule has 162 valence electrons. The molecule has 29 heavy (non-hydrogen) atoms. The van der Waals surface area contributed by atoms with E-state index in [0.29, 0.717) is 25.6 Å². The van der Waals surface area contributed by atoms with Gasteiger partial charge in [0.25, 0.3) is 5.56 Å². The van der Waals surface area contributed by atoms with Crippen LogP contribution in [-0.4, -0.2) is 68.9 Å². The van der Waals surface area contributed by atoms with Gasteiger partial charge in [-0.1, -0.05) is 20.8 Å². The molecule has 7 nitrogen and oxygen atoms in total. The van der Waals surface area contributed by atoms with Crippen LogP contribution in [0.15, 0.2) is 16.9 Å². The summed E-state index contributed by atoms with van der Waals surface area (Å²) in [7, 11) is 0. The lowest BCUT2D eigenvalue weighted by Crippen LogP contribution is -2.56. The van der Waals surface area contributed by atoms with Gasteiger partial charge in [-0.15, -0.1) is 0 Å². The van der Waals surface area contributed by atoms with Crippen molar-refractivity contribution >= 4 is 5.91 Å². The largest absolute Gasteiger partial charge is 0.387 e. The molecule has 1 amide bonds. The van der Waals surface area contributed by atoms with Crippen molar-refractivity contribution in [3.63, 3.8) is 0 Å². The Hall–Kier alpha value is -1.73. The number of hydrogen-bond donors (Lipinski definition) is 1. The number of likely N-dealkylation sites (tertiary alicyclic amines) is 2. The molecule has 0 radical (unpaired) electrons. The highest BCUT2D eigenvalue weighted by molar-refractivity contribution is 5.73. The maximum absolute atomic E-state index is 12.3. The van der Waals surface area contributed by atoms with E-state index in [0.717, 1.165) is 51.0 Å². The van der Waals surface area contributed by atoms with Crippen LogP contribution >= 0.6 is 0 Å². The third kappa shape index (κ3) is 5.66. The molecule has 1 aromatic heterocycles. The minimum Gasteiger partial charge on any atom is -0.387 e. The van der Waals surface area contributed by atoms with Crippen molar-refractivity contribution in [2.75, 3.05) is 32.7 Å². The molecule has 0 saturated carbocycles. The second-order valence-electron chi connectivity index (χ2n) is 9.98. The lowest BCUT2D eigenvalue weighted by atomic mass is 9.90. The Morgan fingerprint density at radius 2 is 1.93 bits per heavy atom. The van der Waals surface area contributed by atoms with E-state index in [-0.39, 0.29) is 16.9 Å². The number of amides is 1. The number of aliphatic hydroxyl groups is 1. The fourth-order valence-electron chi connectivity index (χ4n) is 4.48. The molecule has 1 atom stereocenters. The Labute approximate surface area is 173 Å². The van der Waals surface area contributed by atoms with Crippen molar-refractivity contribution in [3.8, 4) is 0 Å². The molecular weight excluding hydrogens is 368 g/mol. The minimum absolute atomic E-state index is 0.0391. The van der Waals surface area contributed by atoms with Gasteiger partial charge in [0.05, 0.1) is 17.8 Å². The standard InChI is InChI=1S/C22H36N4O3/c1-17(27)25-11-5-10-22(29,16-25)15-24-12-8-18(9-13-24)14-26-20(28)7-6-19(23-26)21(2,3)4/h6-7,18,29H,5,8-16H2,1-4H3. The van der Waals surface area contributed by atoms with Gasteiger partial charge >= 0.3 is 0 Å². The number of aromatic nitrogens is 2. The van der Waals surface area contributed by atoms with Crippen molar-refractivity contribution in [2.24, 2.45) is 5.92 Å². The van der Waals surface area contributed by atoms with E-state index >= 15 is 0 Å². The van der Waals surface area contributed by atoms with E-state index in [1.54, 1.807) is 22.6 Å². The zero-order valence-corrected chi connectivity index (χ0v) is 18.4. The average Bonchev–Trinajstić information content (AvgIpc) is 2.64. The van der Waals surface area contributed by atoms with Crippen molar-refractivity contribution in [1.82, 2.24) is 19.6 Å². The normalized spacial score (nSPS) is 24.7. The summed E-state index contributed by atoms with van der Waals surface area (Å²) in [6.07, 6.45) is 3.57. The smallest absolute Gasteiger partial charge is 0.266 e. The lowest BCUT2D eigenvalue weighted by molar-refractivity contribution is -0.137. The van der Waals surface area contributed by atoms with Gasteiger partial charge in [0, 0.05) is 38.0 Å². The molecule has 3 rings (SSSR count). The fourth-order valence-corrected chi connectivity index (χ4v) is 4.48. The number of piperidine rings is 2. The summed E-state index contributed by atoms with van der Waals surface area (Å²) in [5, 5.41) is 15.6. The Balaban J connectivity index is 1.55. The maximum Gasteiger partial charge on any atom is 0.266 e. The number of hydrogen-bond acceptors (Lipinski definition) is 5. The van der Waals surface area contributed by atoms with E-state index < -0.39 is 5.60 Å². The Morgan fingerprint density at radius 3 is 2.55 bits per heavy atom. The van der Waals surface area contributed by atoms with Gasteiger partial charge in [-0.2, -0.15) is 5.10 Å². The molecule has 0 aromatic carbocycles. The first kappa shape index (κ1) is 22.0. The van der Waals surface area contributed by atoms with Gasteiger partial charge in [-0.3, -0.25) is 9.59 Å². The van der Waals surface area contributed by atoms with Crippen molar-refractivity contribution in [2.45, 2.75) is 70.9 Å². The lowest BCUT2D eigenvalue weighted by Gasteiger charge is -2.43. The molecule has 0 bridgehead atoms. The van der Waals surface area contributed by atoms with E-state index in [1.165, 1.54) is 0 Å². The number of rotatable bonds is 4. The molecule has 2 aliphatic rings. The van der Waals surface area contributed by atoms with Crippen molar-refractivity contribution in [3.05, 3.63) is 28.2 Å². The molecule has 0 spiro atoms.